The molecule has 38 heavy (non-hydrogen) atoms. The quantitative estimate of drug-likeness (QED) is 0.240. The van der Waals surface area contributed by atoms with Gasteiger partial charge < -0.3 is 15.1 Å². The predicted octanol–water partition coefficient (Wildman–Crippen LogP) is 7.60. The monoisotopic (exact) mass is 504 g/mol. The minimum absolute atomic E-state index is 0.0454. The molecule has 5 heteroatoms. The maximum absolute atomic E-state index is 13.5. The van der Waals surface area contributed by atoms with Crippen molar-refractivity contribution in [1.82, 2.24) is 5.32 Å². The molecule has 6 rings (SSSR count). The molecule has 5 aromatic rings. The van der Waals surface area contributed by atoms with Crippen molar-refractivity contribution >= 4 is 22.6 Å². The van der Waals surface area contributed by atoms with Crippen LogP contribution in [0, 0.1) is 12.7 Å². The summed E-state index contributed by atoms with van der Waals surface area (Å²) in [5, 5.41) is 7.42. The number of nitrogens with one attached hydrogen (secondary N) is 2. The summed E-state index contributed by atoms with van der Waals surface area (Å²) in [6.07, 6.45) is 1.73. The van der Waals surface area contributed by atoms with Gasteiger partial charge in [-0.2, -0.15) is 0 Å². The zero-order valence-electron chi connectivity index (χ0n) is 21.5. The Morgan fingerprint density at radius 2 is 1.66 bits per heavy atom. The Morgan fingerprint density at radius 1 is 0.921 bits per heavy atom. The molecular weight excluding hydrogens is 475 g/mol. The zero-order valence-corrected chi connectivity index (χ0v) is 21.5. The van der Waals surface area contributed by atoms with Crippen molar-refractivity contribution in [1.29, 1.82) is 0 Å². The molecule has 0 radical (unpaired) electrons. The van der Waals surface area contributed by atoms with E-state index < -0.39 is 5.41 Å². The van der Waals surface area contributed by atoms with E-state index in [0.29, 0.717) is 6.54 Å². The van der Waals surface area contributed by atoms with Crippen LogP contribution in [0.2, 0.25) is 0 Å². The highest BCUT2D eigenvalue weighted by molar-refractivity contribution is 6.02. The van der Waals surface area contributed by atoms with Gasteiger partial charge >= 0.3 is 0 Å². The van der Waals surface area contributed by atoms with Crippen molar-refractivity contribution in [2.24, 2.45) is 0 Å². The van der Waals surface area contributed by atoms with Crippen LogP contribution in [0.1, 0.15) is 29.5 Å². The molecule has 0 unspecified atom stereocenters. The van der Waals surface area contributed by atoms with E-state index in [1.807, 2.05) is 67.7 Å². The van der Waals surface area contributed by atoms with Crippen LogP contribution in [-0.4, -0.2) is 13.0 Å². The van der Waals surface area contributed by atoms with Crippen molar-refractivity contribution < 1.29 is 13.6 Å². The summed E-state index contributed by atoms with van der Waals surface area (Å²) in [5.41, 5.74) is 7.27. The highest BCUT2D eigenvalue weighted by atomic mass is 19.1. The number of benzene rings is 4. The summed E-state index contributed by atoms with van der Waals surface area (Å²) in [5.74, 6) is 0.505. The second-order valence-corrected chi connectivity index (χ2v) is 10.1. The first kappa shape index (κ1) is 24.1. The van der Waals surface area contributed by atoms with Gasteiger partial charge in [-0.3, -0.25) is 4.79 Å². The van der Waals surface area contributed by atoms with Crippen molar-refractivity contribution in [2.45, 2.75) is 31.7 Å². The Kier molecular flexibility index (Phi) is 6.09. The molecule has 190 valence electrons. The molecule has 0 aliphatic heterocycles. The summed E-state index contributed by atoms with van der Waals surface area (Å²) < 4.78 is 19.8. The zero-order chi connectivity index (χ0) is 26.3. The van der Waals surface area contributed by atoms with Gasteiger partial charge in [-0.15, -0.1) is 0 Å². The first-order valence-corrected chi connectivity index (χ1v) is 12.9. The molecule has 1 aliphatic rings. The number of fused-ring (bicyclic) bond motifs is 1. The molecule has 1 amide bonds. The minimum atomic E-state index is -0.430. The van der Waals surface area contributed by atoms with Gasteiger partial charge in [0, 0.05) is 28.7 Å². The molecule has 1 saturated carbocycles. The van der Waals surface area contributed by atoms with Crippen LogP contribution in [0.15, 0.2) is 95.4 Å². The Hall–Kier alpha value is -4.22. The number of hydrogen-bond acceptors (Lipinski definition) is 3. The predicted molar refractivity (Wildman–Crippen MR) is 151 cm³/mol. The van der Waals surface area contributed by atoms with E-state index in [2.05, 4.69) is 23.6 Å². The fourth-order valence-corrected chi connectivity index (χ4v) is 5.29. The highest BCUT2D eigenvalue weighted by Gasteiger charge is 2.51. The third-order valence-corrected chi connectivity index (χ3v) is 7.57. The molecule has 0 bridgehead atoms. The van der Waals surface area contributed by atoms with Crippen molar-refractivity contribution in [3.8, 4) is 22.5 Å². The second kappa shape index (κ2) is 9.58. The lowest BCUT2D eigenvalue weighted by molar-refractivity contribution is -0.118. The third-order valence-electron chi connectivity index (χ3n) is 7.57. The van der Waals surface area contributed by atoms with Gasteiger partial charge in [0.05, 0.1) is 5.41 Å². The van der Waals surface area contributed by atoms with Gasteiger partial charge in [-0.05, 0) is 97.6 Å². The summed E-state index contributed by atoms with van der Waals surface area (Å²) in [7, 11) is 1.90. The van der Waals surface area contributed by atoms with Crippen LogP contribution >= 0.6 is 0 Å². The average molecular weight is 505 g/mol. The van der Waals surface area contributed by atoms with Gasteiger partial charge in [0.15, 0.2) is 0 Å². The van der Waals surface area contributed by atoms with E-state index in [-0.39, 0.29) is 11.7 Å². The SMILES string of the molecule is CNCc1c(-c2ccc(F)cc2)oc2ccc(-c3cc(NC(=O)C4(c5ccccc5)CC4)ccc3C)cc12. The molecule has 4 aromatic carbocycles. The lowest BCUT2D eigenvalue weighted by Crippen LogP contribution is -2.27. The Bertz CT molecular complexity index is 1630. The van der Waals surface area contributed by atoms with E-state index in [1.165, 1.54) is 12.1 Å². The number of aryl methyl sites for hydroxylation is 1. The number of hydrogen-bond donors (Lipinski definition) is 2. The van der Waals surface area contributed by atoms with Crippen LogP contribution < -0.4 is 10.6 Å². The highest BCUT2D eigenvalue weighted by Crippen LogP contribution is 2.49. The summed E-state index contributed by atoms with van der Waals surface area (Å²) >= 11 is 0. The summed E-state index contributed by atoms with van der Waals surface area (Å²) in [6, 6.07) is 28.6. The standard InChI is InChI=1S/C33H29FN2O2/c1-21-8-14-26(36-32(37)33(16-17-33)24-6-4-3-5-7-24)19-27(21)23-11-15-30-28(18-23)29(20-35-2)31(38-30)22-9-12-25(34)13-10-22/h3-15,18-19,35H,16-17,20H2,1-2H3,(H,36,37). The van der Waals surface area contributed by atoms with E-state index in [4.69, 9.17) is 4.42 Å². The number of halogens is 1. The van der Waals surface area contributed by atoms with Crippen LogP contribution in [0.5, 0.6) is 0 Å². The van der Waals surface area contributed by atoms with Gasteiger partial charge in [0.25, 0.3) is 0 Å². The molecule has 1 heterocycles. The first-order valence-electron chi connectivity index (χ1n) is 12.9. The number of furan rings is 1. The third kappa shape index (κ3) is 4.29. The number of amides is 1. The number of carbonyl (C=O) groups excluding carboxylic acids is 1. The van der Waals surface area contributed by atoms with Crippen molar-refractivity contribution in [3.63, 3.8) is 0 Å². The molecule has 4 nitrogen and oxygen atoms in total. The Labute approximate surface area is 221 Å². The number of anilines is 1. The average Bonchev–Trinajstić information content (AvgIpc) is 3.68. The lowest BCUT2D eigenvalue weighted by Gasteiger charge is -2.17. The van der Waals surface area contributed by atoms with Gasteiger partial charge in [0.2, 0.25) is 5.91 Å². The molecule has 1 aliphatic carbocycles. The molecule has 0 spiro atoms. The normalized spacial score (nSPS) is 14.0. The largest absolute Gasteiger partial charge is 0.456 e. The Balaban J connectivity index is 1.35. The summed E-state index contributed by atoms with van der Waals surface area (Å²) in [4.78, 5) is 13.3. The van der Waals surface area contributed by atoms with Crippen LogP contribution in [-0.2, 0) is 16.8 Å². The van der Waals surface area contributed by atoms with Gasteiger partial charge in [0.1, 0.15) is 17.2 Å². The van der Waals surface area contributed by atoms with Crippen molar-refractivity contribution in [3.05, 3.63) is 114 Å². The van der Waals surface area contributed by atoms with E-state index in [0.717, 1.165) is 68.6 Å². The molecule has 0 saturated heterocycles. The maximum atomic E-state index is 13.5. The minimum Gasteiger partial charge on any atom is -0.456 e. The van der Waals surface area contributed by atoms with E-state index in [9.17, 15) is 9.18 Å². The number of rotatable bonds is 7. The van der Waals surface area contributed by atoms with Crippen LogP contribution in [0.25, 0.3) is 33.4 Å². The van der Waals surface area contributed by atoms with Crippen molar-refractivity contribution in [2.75, 3.05) is 12.4 Å². The smallest absolute Gasteiger partial charge is 0.235 e. The fraction of sp³-hybridized carbons (Fsp3) is 0.182. The van der Waals surface area contributed by atoms with Crippen LogP contribution in [0.4, 0.5) is 10.1 Å². The first-order chi connectivity index (χ1) is 18.5. The number of carbonyl (C=O) groups is 1. The molecule has 1 aromatic heterocycles. The molecular formula is C33H29FN2O2. The lowest BCUT2D eigenvalue weighted by atomic mass is 9.94. The van der Waals surface area contributed by atoms with E-state index in [1.54, 1.807) is 12.1 Å². The van der Waals surface area contributed by atoms with Gasteiger partial charge in [-0.1, -0.05) is 42.5 Å². The van der Waals surface area contributed by atoms with E-state index >= 15 is 0 Å². The summed E-state index contributed by atoms with van der Waals surface area (Å²) in [6.45, 7) is 2.69. The maximum Gasteiger partial charge on any atom is 0.235 e. The topological polar surface area (TPSA) is 54.3 Å². The Morgan fingerprint density at radius 3 is 2.37 bits per heavy atom. The second-order valence-electron chi connectivity index (χ2n) is 10.1. The van der Waals surface area contributed by atoms with Gasteiger partial charge in [-0.25, -0.2) is 4.39 Å². The fourth-order valence-electron chi connectivity index (χ4n) is 5.29. The molecule has 0 atom stereocenters. The molecule has 1 fully saturated rings. The molecule has 2 N–H and O–H groups in total. The van der Waals surface area contributed by atoms with Crippen LogP contribution in [0.3, 0.4) is 0 Å².